The molecule has 28 heavy (non-hydrogen) atoms. The van der Waals surface area contributed by atoms with Gasteiger partial charge in [-0.05, 0) is 61.9 Å². The fraction of sp³-hybridized carbons (Fsp3) is 0.421. The van der Waals surface area contributed by atoms with Gasteiger partial charge in [-0.3, -0.25) is 4.98 Å². The first-order valence-corrected chi connectivity index (χ1v) is 12.3. The first kappa shape index (κ1) is 20.9. The van der Waals surface area contributed by atoms with Crippen LogP contribution in [0.15, 0.2) is 47.6 Å². The number of pyridine rings is 1. The molecule has 0 spiro atoms. The summed E-state index contributed by atoms with van der Waals surface area (Å²) >= 11 is 0. The van der Waals surface area contributed by atoms with Crippen LogP contribution in [0.25, 0.3) is 0 Å². The summed E-state index contributed by atoms with van der Waals surface area (Å²) < 4.78 is 64.4. The highest BCUT2D eigenvalue weighted by molar-refractivity contribution is 7.96. The van der Waals surface area contributed by atoms with E-state index in [4.69, 9.17) is 0 Å². The van der Waals surface area contributed by atoms with E-state index in [-0.39, 0.29) is 16.2 Å². The van der Waals surface area contributed by atoms with Crippen molar-refractivity contribution in [3.8, 4) is 0 Å². The van der Waals surface area contributed by atoms with E-state index in [1.165, 1.54) is 19.1 Å². The van der Waals surface area contributed by atoms with E-state index in [2.05, 4.69) is 4.98 Å². The van der Waals surface area contributed by atoms with Gasteiger partial charge in [0.2, 0.25) is 0 Å². The highest BCUT2D eigenvalue weighted by Gasteiger charge is 2.47. The number of hydrogen-bond acceptors (Lipinski definition) is 6. The number of likely N-dealkylation sites (N-methyl/N-ethyl adjacent to an activating group) is 1. The van der Waals surface area contributed by atoms with Gasteiger partial charge in [-0.2, -0.15) is 0 Å². The second kappa shape index (κ2) is 7.88. The SMILES string of the molecule is Cc1cc(S(=O)(=O)[C@@H]2CS(=O)(=O)C[C@H]2N(C)CCc2ccncc2)ccc1F. The van der Waals surface area contributed by atoms with Crippen LogP contribution in [0.4, 0.5) is 4.39 Å². The van der Waals surface area contributed by atoms with Gasteiger partial charge in [0.05, 0.1) is 21.7 Å². The molecule has 2 atom stereocenters. The number of aryl methyl sites for hydroxylation is 1. The predicted molar refractivity (Wildman–Crippen MR) is 105 cm³/mol. The Kier molecular flexibility index (Phi) is 5.88. The molecule has 0 saturated carbocycles. The molecule has 0 unspecified atom stereocenters. The Labute approximate surface area is 165 Å². The van der Waals surface area contributed by atoms with Crippen LogP contribution in [0.2, 0.25) is 0 Å². The van der Waals surface area contributed by atoms with Gasteiger partial charge in [0.15, 0.2) is 19.7 Å². The molecule has 1 aromatic heterocycles. The summed E-state index contributed by atoms with van der Waals surface area (Å²) in [7, 11) is -5.67. The van der Waals surface area contributed by atoms with Gasteiger partial charge in [0.25, 0.3) is 0 Å². The van der Waals surface area contributed by atoms with Gasteiger partial charge in [-0.1, -0.05) is 0 Å². The van der Waals surface area contributed by atoms with Crippen molar-refractivity contribution in [3.05, 3.63) is 59.7 Å². The molecule has 0 N–H and O–H groups in total. The Morgan fingerprint density at radius 2 is 1.86 bits per heavy atom. The Hall–Kier alpha value is -1.84. The van der Waals surface area contributed by atoms with Gasteiger partial charge < -0.3 is 4.90 Å². The molecule has 9 heteroatoms. The first-order chi connectivity index (χ1) is 13.1. The van der Waals surface area contributed by atoms with Gasteiger partial charge in [-0.15, -0.1) is 0 Å². The normalized spacial score (nSPS) is 21.9. The lowest BCUT2D eigenvalue weighted by Gasteiger charge is -2.28. The van der Waals surface area contributed by atoms with Crippen molar-refractivity contribution in [2.75, 3.05) is 25.1 Å². The molecule has 1 fully saturated rings. The Morgan fingerprint density at radius 3 is 2.50 bits per heavy atom. The molecule has 0 aliphatic carbocycles. The van der Waals surface area contributed by atoms with E-state index in [1.54, 1.807) is 24.3 Å². The molecular weight excluding hydrogens is 403 g/mol. The number of halogens is 1. The van der Waals surface area contributed by atoms with Crippen LogP contribution < -0.4 is 0 Å². The molecule has 0 amide bonds. The lowest BCUT2D eigenvalue weighted by atomic mass is 10.1. The number of hydrogen-bond donors (Lipinski definition) is 0. The standard InChI is InChI=1S/C19H23FN2O4S2/c1-14-11-16(3-4-17(14)20)28(25,26)19-13-27(23,24)12-18(19)22(2)10-7-15-5-8-21-9-6-15/h3-6,8-9,11,18-19H,7,10,12-13H2,1-2H3/t18-,19-/m1/s1. The van der Waals surface area contributed by atoms with E-state index in [1.807, 2.05) is 12.1 Å². The fourth-order valence-electron chi connectivity index (χ4n) is 3.49. The Morgan fingerprint density at radius 1 is 1.18 bits per heavy atom. The molecule has 1 aliphatic heterocycles. The molecular formula is C19H23FN2O4S2. The van der Waals surface area contributed by atoms with Crippen molar-refractivity contribution in [3.63, 3.8) is 0 Å². The van der Waals surface area contributed by atoms with Crippen molar-refractivity contribution >= 4 is 19.7 Å². The molecule has 2 heterocycles. The average molecular weight is 427 g/mol. The van der Waals surface area contributed by atoms with Gasteiger partial charge in [0.1, 0.15) is 5.82 Å². The third-order valence-electron chi connectivity index (χ3n) is 5.20. The monoisotopic (exact) mass is 426 g/mol. The minimum Gasteiger partial charge on any atom is -0.301 e. The summed E-state index contributed by atoms with van der Waals surface area (Å²) in [5.41, 5.74) is 1.25. The van der Waals surface area contributed by atoms with Gasteiger partial charge in [0, 0.05) is 25.0 Å². The van der Waals surface area contributed by atoms with Crippen LogP contribution in [0.1, 0.15) is 11.1 Å². The van der Waals surface area contributed by atoms with Crippen LogP contribution in [-0.4, -0.2) is 63.1 Å². The topological polar surface area (TPSA) is 84.4 Å². The smallest absolute Gasteiger partial charge is 0.183 e. The molecule has 1 saturated heterocycles. The van der Waals surface area contributed by atoms with E-state index in [0.717, 1.165) is 11.6 Å². The summed E-state index contributed by atoms with van der Waals surface area (Å²) in [6.07, 6.45) is 4.01. The zero-order chi connectivity index (χ0) is 20.5. The molecule has 1 aromatic carbocycles. The largest absolute Gasteiger partial charge is 0.301 e. The van der Waals surface area contributed by atoms with Gasteiger partial charge >= 0.3 is 0 Å². The summed E-state index contributed by atoms with van der Waals surface area (Å²) in [6, 6.07) is 6.67. The van der Waals surface area contributed by atoms with Crippen LogP contribution in [-0.2, 0) is 26.1 Å². The molecule has 3 rings (SSSR count). The molecule has 0 bridgehead atoms. The molecule has 2 aromatic rings. The van der Waals surface area contributed by atoms with E-state index >= 15 is 0 Å². The highest BCUT2D eigenvalue weighted by Crippen LogP contribution is 2.29. The third-order valence-corrected chi connectivity index (χ3v) is 9.31. The van der Waals surface area contributed by atoms with Crippen LogP contribution in [0.5, 0.6) is 0 Å². The highest BCUT2D eigenvalue weighted by atomic mass is 32.2. The maximum Gasteiger partial charge on any atom is 0.183 e. The minimum atomic E-state index is -3.92. The molecule has 0 radical (unpaired) electrons. The third kappa shape index (κ3) is 4.42. The Balaban J connectivity index is 1.86. The van der Waals surface area contributed by atoms with Crippen molar-refractivity contribution in [2.45, 2.75) is 29.5 Å². The summed E-state index contributed by atoms with van der Waals surface area (Å²) in [5.74, 6) is -1.12. The number of nitrogens with zero attached hydrogens (tertiary/aromatic N) is 2. The average Bonchev–Trinajstić information content (AvgIpc) is 2.99. The lowest BCUT2D eigenvalue weighted by molar-refractivity contribution is 0.266. The van der Waals surface area contributed by atoms with Crippen molar-refractivity contribution < 1.29 is 21.2 Å². The maximum absolute atomic E-state index is 13.6. The maximum atomic E-state index is 13.6. The quantitative estimate of drug-likeness (QED) is 0.653. The predicted octanol–water partition coefficient (Wildman–Crippen LogP) is 1.64. The zero-order valence-electron chi connectivity index (χ0n) is 15.7. The summed E-state index contributed by atoms with van der Waals surface area (Å²) in [5, 5.41) is -1.08. The summed E-state index contributed by atoms with van der Waals surface area (Å²) in [6.45, 7) is 2.00. The minimum absolute atomic E-state index is 0.0407. The molecule has 152 valence electrons. The van der Waals surface area contributed by atoms with Gasteiger partial charge in [-0.25, -0.2) is 21.2 Å². The number of benzene rings is 1. The van der Waals surface area contributed by atoms with Crippen LogP contribution in [0.3, 0.4) is 0 Å². The number of aromatic nitrogens is 1. The molecule has 1 aliphatic rings. The van der Waals surface area contributed by atoms with E-state index in [0.29, 0.717) is 13.0 Å². The zero-order valence-corrected chi connectivity index (χ0v) is 17.4. The Bertz CT molecular complexity index is 1060. The second-order valence-electron chi connectivity index (χ2n) is 7.22. The number of rotatable bonds is 6. The molecule has 6 nitrogen and oxygen atoms in total. The lowest BCUT2D eigenvalue weighted by Crippen LogP contribution is -2.45. The van der Waals surface area contributed by atoms with E-state index in [9.17, 15) is 21.2 Å². The van der Waals surface area contributed by atoms with E-state index < -0.39 is 42.5 Å². The first-order valence-electron chi connectivity index (χ1n) is 8.90. The fourth-order valence-corrected chi connectivity index (χ4v) is 8.49. The second-order valence-corrected chi connectivity index (χ2v) is 11.5. The summed E-state index contributed by atoms with van der Waals surface area (Å²) in [4.78, 5) is 5.72. The van der Waals surface area contributed by atoms with Crippen molar-refractivity contribution in [1.29, 1.82) is 0 Å². The van der Waals surface area contributed by atoms with Crippen LogP contribution in [0, 0.1) is 12.7 Å². The van der Waals surface area contributed by atoms with Crippen molar-refractivity contribution in [2.24, 2.45) is 0 Å². The van der Waals surface area contributed by atoms with Crippen molar-refractivity contribution in [1.82, 2.24) is 9.88 Å². The van der Waals surface area contributed by atoms with Crippen LogP contribution >= 0.6 is 0 Å². The number of sulfone groups is 2.